The van der Waals surface area contributed by atoms with E-state index in [4.69, 9.17) is 10.8 Å². The number of aliphatic carboxylic acids is 1. The van der Waals surface area contributed by atoms with Crippen molar-refractivity contribution in [2.45, 2.75) is 25.8 Å². The molecule has 1 atom stereocenters. The number of nitrogens with two attached hydrogens (primary N) is 1. The summed E-state index contributed by atoms with van der Waals surface area (Å²) in [4.78, 5) is 22.9. The molecule has 98 valence electrons. The lowest BCUT2D eigenvalue weighted by Crippen LogP contribution is -2.40. The fourth-order valence-electron chi connectivity index (χ4n) is 1.50. The van der Waals surface area contributed by atoms with Crippen molar-refractivity contribution in [3.05, 3.63) is 28.2 Å². The van der Waals surface area contributed by atoms with Crippen LogP contribution in [0, 0.1) is 0 Å². The number of carbonyl (C=O) groups is 2. The van der Waals surface area contributed by atoms with Gasteiger partial charge in [0.15, 0.2) is 0 Å². The highest BCUT2D eigenvalue weighted by atomic mass is 79.9. The summed E-state index contributed by atoms with van der Waals surface area (Å²) < 4.78 is 0.579. The molecule has 4 N–H and O–H groups in total. The molecule has 5 nitrogen and oxygen atoms in total. The molecule has 18 heavy (non-hydrogen) atoms. The topological polar surface area (TPSA) is 92.4 Å². The zero-order valence-electron chi connectivity index (χ0n) is 9.94. The number of nitrogen functional groups attached to an aromatic ring is 1. The van der Waals surface area contributed by atoms with Gasteiger partial charge < -0.3 is 16.2 Å². The van der Waals surface area contributed by atoms with E-state index in [1.54, 1.807) is 12.1 Å². The van der Waals surface area contributed by atoms with E-state index < -0.39 is 17.9 Å². The Hall–Kier alpha value is -1.56. The number of carboxylic acid groups (broad SMARTS) is 1. The quantitative estimate of drug-likeness (QED) is 0.725. The fourth-order valence-corrected chi connectivity index (χ4v) is 1.93. The summed E-state index contributed by atoms with van der Waals surface area (Å²) in [5.74, 6) is -1.49. The molecule has 0 aliphatic rings. The molecule has 0 saturated heterocycles. The molecule has 0 bridgehead atoms. The second kappa shape index (κ2) is 6.39. The summed E-state index contributed by atoms with van der Waals surface area (Å²) in [7, 11) is 0. The minimum absolute atomic E-state index is 0.331. The Kier molecular flexibility index (Phi) is 5.15. The average molecular weight is 315 g/mol. The molecule has 0 spiro atoms. The maximum Gasteiger partial charge on any atom is 0.326 e. The summed E-state index contributed by atoms with van der Waals surface area (Å²) in [5.41, 5.74) is 6.38. The van der Waals surface area contributed by atoms with Gasteiger partial charge in [0.2, 0.25) is 0 Å². The fraction of sp³-hybridized carbons (Fsp3) is 0.333. The third-order valence-electron chi connectivity index (χ3n) is 2.42. The molecule has 1 rings (SSSR count). The minimum Gasteiger partial charge on any atom is -0.480 e. The SMILES string of the molecule is CCC[C@H](NC(=O)c1cc(N)ccc1Br)C(=O)O. The number of halogens is 1. The lowest BCUT2D eigenvalue weighted by atomic mass is 10.1. The van der Waals surface area contributed by atoms with Crippen molar-refractivity contribution in [1.82, 2.24) is 5.32 Å². The van der Waals surface area contributed by atoms with Gasteiger partial charge >= 0.3 is 5.97 Å². The molecule has 1 amide bonds. The number of nitrogens with one attached hydrogen (secondary N) is 1. The molecule has 6 heteroatoms. The normalized spacial score (nSPS) is 11.9. The molecule has 1 aromatic rings. The zero-order valence-corrected chi connectivity index (χ0v) is 11.5. The van der Waals surface area contributed by atoms with Crippen LogP contribution in [-0.2, 0) is 4.79 Å². The van der Waals surface area contributed by atoms with Gasteiger partial charge in [0, 0.05) is 10.2 Å². The Balaban J connectivity index is 2.86. The third-order valence-corrected chi connectivity index (χ3v) is 3.11. The average Bonchev–Trinajstić information content (AvgIpc) is 2.31. The van der Waals surface area contributed by atoms with Gasteiger partial charge in [0.05, 0.1) is 5.56 Å². The van der Waals surface area contributed by atoms with E-state index in [-0.39, 0.29) is 0 Å². The van der Waals surface area contributed by atoms with Crippen LogP contribution in [0.5, 0.6) is 0 Å². The van der Waals surface area contributed by atoms with Gasteiger partial charge in [-0.25, -0.2) is 4.79 Å². The van der Waals surface area contributed by atoms with E-state index in [0.717, 1.165) is 0 Å². The molecule has 0 aliphatic carbocycles. The molecular weight excluding hydrogens is 300 g/mol. The first-order chi connectivity index (χ1) is 8.45. The number of rotatable bonds is 5. The first-order valence-electron chi connectivity index (χ1n) is 5.54. The van der Waals surface area contributed by atoms with E-state index in [0.29, 0.717) is 28.6 Å². The molecule has 0 aromatic heterocycles. The summed E-state index contributed by atoms with van der Waals surface area (Å²) in [6.45, 7) is 1.86. The predicted molar refractivity (Wildman–Crippen MR) is 72.4 cm³/mol. The Bertz CT molecular complexity index is 463. The van der Waals surface area contributed by atoms with E-state index in [9.17, 15) is 9.59 Å². The molecule has 0 saturated carbocycles. The number of hydrogen-bond donors (Lipinski definition) is 3. The van der Waals surface area contributed by atoms with Gasteiger partial charge in [-0.1, -0.05) is 13.3 Å². The monoisotopic (exact) mass is 314 g/mol. The van der Waals surface area contributed by atoms with Crippen molar-refractivity contribution in [2.24, 2.45) is 0 Å². The molecule has 0 radical (unpaired) electrons. The summed E-state index contributed by atoms with van der Waals surface area (Å²) in [6.07, 6.45) is 1.07. The van der Waals surface area contributed by atoms with Crippen molar-refractivity contribution in [1.29, 1.82) is 0 Å². The van der Waals surface area contributed by atoms with Crippen LogP contribution in [0.25, 0.3) is 0 Å². The number of carboxylic acids is 1. The maximum absolute atomic E-state index is 11.9. The Morgan fingerprint density at radius 1 is 1.50 bits per heavy atom. The van der Waals surface area contributed by atoms with Crippen LogP contribution >= 0.6 is 15.9 Å². The summed E-state index contributed by atoms with van der Waals surface area (Å²) >= 11 is 3.23. The van der Waals surface area contributed by atoms with Crippen LogP contribution in [0.4, 0.5) is 5.69 Å². The van der Waals surface area contributed by atoms with Crippen LogP contribution in [0.2, 0.25) is 0 Å². The molecular formula is C12H15BrN2O3. The highest BCUT2D eigenvalue weighted by Crippen LogP contribution is 2.19. The second-order valence-electron chi connectivity index (χ2n) is 3.89. The maximum atomic E-state index is 11.9. The Morgan fingerprint density at radius 2 is 2.17 bits per heavy atom. The second-order valence-corrected chi connectivity index (χ2v) is 4.75. The van der Waals surface area contributed by atoms with Gasteiger partial charge in [-0.05, 0) is 40.5 Å². The summed E-state index contributed by atoms with van der Waals surface area (Å²) in [5, 5.41) is 11.5. The number of anilines is 1. The first kappa shape index (κ1) is 14.5. The Morgan fingerprint density at radius 3 is 2.72 bits per heavy atom. The molecule has 0 heterocycles. The predicted octanol–water partition coefficient (Wildman–Crippen LogP) is 2.01. The van der Waals surface area contributed by atoms with Crippen LogP contribution in [-0.4, -0.2) is 23.0 Å². The largest absolute Gasteiger partial charge is 0.480 e. The standard InChI is InChI=1S/C12H15BrN2O3/c1-2-3-10(12(17)18)15-11(16)8-6-7(14)4-5-9(8)13/h4-6,10H,2-3,14H2,1H3,(H,15,16)(H,17,18)/t10-/m0/s1. The van der Waals surface area contributed by atoms with Crippen LogP contribution in [0.15, 0.2) is 22.7 Å². The number of amides is 1. The molecule has 0 fully saturated rings. The minimum atomic E-state index is -1.04. The van der Waals surface area contributed by atoms with E-state index >= 15 is 0 Å². The van der Waals surface area contributed by atoms with Gasteiger partial charge in [-0.2, -0.15) is 0 Å². The lowest BCUT2D eigenvalue weighted by molar-refractivity contribution is -0.139. The zero-order chi connectivity index (χ0) is 13.7. The lowest BCUT2D eigenvalue weighted by Gasteiger charge is -2.14. The summed E-state index contributed by atoms with van der Waals surface area (Å²) in [6, 6.07) is 3.93. The molecule has 0 aliphatic heterocycles. The van der Waals surface area contributed by atoms with Crippen LogP contribution in [0.1, 0.15) is 30.1 Å². The highest BCUT2D eigenvalue weighted by Gasteiger charge is 2.20. The first-order valence-corrected chi connectivity index (χ1v) is 6.33. The van der Waals surface area contributed by atoms with Gasteiger partial charge in [-0.3, -0.25) is 4.79 Å². The van der Waals surface area contributed by atoms with Crippen molar-refractivity contribution >= 4 is 33.5 Å². The smallest absolute Gasteiger partial charge is 0.326 e. The van der Waals surface area contributed by atoms with Crippen LogP contribution < -0.4 is 11.1 Å². The molecule has 1 aromatic carbocycles. The van der Waals surface area contributed by atoms with Crippen molar-refractivity contribution in [2.75, 3.05) is 5.73 Å². The van der Waals surface area contributed by atoms with Crippen molar-refractivity contribution in [3.8, 4) is 0 Å². The van der Waals surface area contributed by atoms with Gasteiger partial charge in [0.25, 0.3) is 5.91 Å². The van der Waals surface area contributed by atoms with Crippen LogP contribution in [0.3, 0.4) is 0 Å². The Labute approximate surface area is 113 Å². The third kappa shape index (κ3) is 3.73. The number of hydrogen-bond acceptors (Lipinski definition) is 3. The number of benzene rings is 1. The molecule has 0 unspecified atom stereocenters. The highest BCUT2D eigenvalue weighted by molar-refractivity contribution is 9.10. The number of carbonyl (C=O) groups excluding carboxylic acids is 1. The van der Waals surface area contributed by atoms with E-state index in [1.807, 2.05) is 6.92 Å². The van der Waals surface area contributed by atoms with Crippen molar-refractivity contribution in [3.63, 3.8) is 0 Å². The van der Waals surface area contributed by atoms with Crippen molar-refractivity contribution < 1.29 is 14.7 Å². The van der Waals surface area contributed by atoms with Gasteiger partial charge in [0.1, 0.15) is 6.04 Å². The van der Waals surface area contributed by atoms with E-state index in [1.165, 1.54) is 6.07 Å². The van der Waals surface area contributed by atoms with E-state index in [2.05, 4.69) is 21.2 Å². The van der Waals surface area contributed by atoms with Gasteiger partial charge in [-0.15, -0.1) is 0 Å².